The van der Waals surface area contributed by atoms with E-state index >= 15 is 0 Å². The molecule has 1 saturated heterocycles. The molecule has 1 amide bonds. The van der Waals surface area contributed by atoms with Gasteiger partial charge < -0.3 is 0 Å². The Kier molecular flexibility index (Phi) is 8.11. The lowest BCUT2D eigenvalue weighted by atomic mass is 10.0. The van der Waals surface area contributed by atoms with Crippen LogP contribution in [0, 0.1) is 0 Å². The molecular weight excluding hydrogens is 528 g/mol. The zero-order valence-corrected chi connectivity index (χ0v) is 24.2. The summed E-state index contributed by atoms with van der Waals surface area (Å²) in [5, 5.41) is 0.588. The second kappa shape index (κ2) is 11.5. The number of amides is 1. The standard InChI is InChI=1S/C30H34N4O3S2/c1-4-24-11-6-8-19-34(24)39(36,37)25-16-14-22(15-17-25)29(35)33(20-23-10-5-7-18-31-23)30-32-28-26(21(2)3)12-9-13-27(28)38-30/h5,7,9-10,12-18,21,24H,4,6,8,11,19-20H2,1-3H3. The van der Waals surface area contributed by atoms with Gasteiger partial charge in [-0.25, -0.2) is 13.4 Å². The van der Waals surface area contributed by atoms with E-state index in [1.807, 2.05) is 37.3 Å². The molecule has 1 aliphatic heterocycles. The van der Waals surface area contributed by atoms with Crippen molar-refractivity contribution < 1.29 is 13.2 Å². The lowest BCUT2D eigenvalue weighted by Gasteiger charge is -2.34. The second-order valence-corrected chi connectivity index (χ2v) is 13.2. The van der Waals surface area contributed by atoms with Crippen molar-refractivity contribution >= 4 is 42.6 Å². The lowest BCUT2D eigenvalue weighted by Crippen LogP contribution is -2.43. The normalized spacial score (nSPS) is 16.6. The number of carbonyl (C=O) groups is 1. The Balaban J connectivity index is 1.49. The Hall–Kier alpha value is -3.14. The highest BCUT2D eigenvalue weighted by atomic mass is 32.2. The molecule has 5 rings (SSSR count). The average Bonchev–Trinajstić information content (AvgIpc) is 3.40. The van der Waals surface area contributed by atoms with E-state index in [0.717, 1.165) is 47.2 Å². The van der Waals surface area contributed by atoms with E-state index in [4.69, 9.17) is 4.98 Å². The maximum absolute atomic E-state index is 13.9. The van der Waals surface area contributed by atoms with Crippen LogP contribution in [0.25, 0.3) is 10.2 Å². The minimum Gasteiger partial charge on any atom is -0.278 e. The number of para-hydroxylation sites is 1. The van der Waals surface area contributed by atoms with Crippen molar-refractivity contribution in [2.45, 2.75) is 69.9 Å². The number of rotatable bonds is 8. The summed E-state index contributed by atoms with van der Waals surface area (Å²) < 4.78 is 29.5. The van der Waals surface area contributed by atoms with E-state index in [2.05, 4.69) is 24.9 Å². The molecule has 9 heteroatoms. The quantitative estimate of drug-likeness (QED) is 0.241. The van der Waals surface area contributed by atoms with Gasteiger partial charge in [-0.3, -0.25) is 14.7 Å². The largest absolute Gasteiger partial charge is 0.278 e. The molecule has 2 aromatic carbocycles. The number of piperidine rings is 1. The van der Waals surface area contributed by atoms with Crippen LogP contribution in [-0.4, -0.2) is 41.2 Å². The summed E-state index contributed by atoms with van der Waals surface area (Å²) >= 11 is 1.47. The van der Waals surface area contributed by atoms with E-state index in [1.165, 1.54) is 11.3 Å². The molecule has 204 valence electrons. The summed E-state index contributed by atoms with van der Waals surface area (Å²) in [7, 11) is -3.63. The first-order valence-corrected chi connectivity index (χ1v) is 15.8. The van der Waals surface area contributed by atoms with Gasteiger partial charge in [-0.1, -0.05) is 56.7 Å². The number of sulfonamides is 1. The number of nitrogens with zero attached hydrogens (tertiary/aromatic N) is 4. The maximum Gasteiger partial charge on any atom is 0.260 e. The summed E-state index contributed by atoms with van der Waals surface area (Å²) in [6.07, 6.45) is 5.30. The fraction of sp³-hybridized carbons (Fsp3) is 0.367. The molecule has 2 aromatic heterocycles. The predicted octanol–water partition coefficient (Wildman–Crippen LogP) is 6.61. The van der Waals surface area contributed by atoms with Gasteiger partial charge in [-0.15, -0.1) is 0 Å². The highest BCUT2D eigenvalue weighted by Gasteiger charge is 2.33. The Bertz CT molecular complexity index is 1550. The molecule has 7 nitrogen and oxygen atoms in total. The SMILES string of the molecule is CCC1CCCCN1S(=O)(=O)c1ccc(C(=O)N(Cc2ccccn2)c2nc3c(C(C)C)cccc3s2)cc1. The Labute approximate surface area is 234 Å². The van der Waals surface area contributed by atoms with Gasteiger partial charge in [-0.2, -0.15) is 4.31 Å². The van der Waals surface area contributed by atoms with Gasteiger partial charge in [0.25, 0.3) is 5.91 Å². The first kappa shape index (κ1) is 27.4. The van der Waals surface area contributed by atoms with Gasteiger partial charge >= 0.3 is 0 Å². The van der Waals surface area contributed by atoms with Crippen LogP contribution >= 0.6 is 11.3 Å². The summed E-state index contributed by atoms with van der Waals surface area (Å²) in [5.41, 5.74) is 3.18. The molecule has 3 heterocycles. The molecule has 0 N–H and O–H groups in total. The molecule has 1 unspecified atom stereocenters. The Morgan fingerprint density at radius 2 is 1.87 bits per heavy atom. The maximum atomic E-state index is 13.9. The highest BCUT2D eigenvalue weighted by molar-refractivity contribution is 7.89. The lowest BCUT2D eigenvalue weighted by molar-refractivity contribution is 0.0984. The summed E-state index contributed by atoms with van der Waals surface area (Å²) in [5.74, 6) is 0.0458. The van der Waals surface area contributed by atoms with E-state index in [1.54, 1.807) is 39.7 Å². The third-order valence-electron chi connectivity index (χ3n) is 7.34. The molecule has 4 aromatic rings. The first-order valence-electron chi connectivity index (χ1n) is 13.5. The topological polar surface area (TPSA) is 83.5 Å². The fourth-order valence-electron chi connectivity index (χ4n) is 5.18. The fourth-order valence-corrected chi connectivity index (χ4v) is 7.94. The van der Waals surface area contributed by atoms with Gasteiger partial charge in [0, 0.05) is 24.3 Å². The van der Waals surface area contributed by atoms with E-state index in [0.29, 0.717) is 23.2 Å². The predicted molar refractivity (Wildman–Crippen MR) is 157 cm³/mol. The van der Waals surface area contributed by atoms with Crippen molar-refractivity contribution in [2.24, 2.45) is 0 Å². The van der Waals surface area contributed by atoms with Crippen molar-refractivity contribution in [1.29, 1.82) is 0 Å². The Morgan fingerprint density at radius 3 is 2.56 bits per heavy atom. The van der Waals surface area contributed by atoms with Gasteiger partial charge in [-0.05, 0) is 73.2 Å². The van der Waals surface area contributed by atoms with Gasteiger partial charge in [0.15, 0.2) is 5.13 Å². The molecule has 0 spiro atoms. The molecule has 0 aliphatic carbocycles. The zero-order chi connectivity index (χ0) is 27.6. The third-order valence-corrected chi connectivity index (χ3v) is 10.3. The van der Waals surface area contributed by atoms with E-state index < -0.39 is 10.0 Å². The van der Waals surface area contributed by atoms with Crippen LogP contribution in [-0.2, 0) is 16.6 Å². The summed E-state index contributed by atoms with van der Waals surface area (Å²) in [4.78, 5) is 25.1. The average molecular weight is 563 g/mol. The Morgan fingerprint density at radius 1 is 1.08 bits per heavy atom. The minimum absolute atomic E-state index is 0.0219. The summed E-state index contributed by atoms with van der Waals surface area (Å²) in [6, 6.07) is 18.1. The highest BCUT2D eigenvalue weighted by Crippen LogP contribution is 2.35. The number of carbonyl (C=O) groups excluding carboxylic acids is 1. The minimum atomic E-state index is -3.63. The van der Waals surface area contributed by atoms with E-state index in [9.17, 15) is 13.2 Å². The van der Waals surface area contributed by atoms with Crippen molar-refractivity contribution in [3.05, 3.63) is 83.7 Å². The van der Waals surface area contributed by atoms with Crippen LogP contribution in [0.2, 0.25) is 0 Å². The van der Waals surface area contributed by atoms with Crippen LogP contribution in [0.5, 0.6) is 0 Å². The van der Waals surface area contributed by atoms with Crippen molar-refractivity contribution in [3.63, 3.8) is 0 Å². The van der Waals surface area contributed by atoms with Crippen molar-refractivity contribution in [2.75, 3.05) is 11.4 Å². The number of anilines is 1. The number of fused-ring (bicyclic) bond motifs is 1. The molecule has 1 atom stereocenters. The van der Waals surface area contributed by atoms with Crippen LogP contribution in [0.1, 0.15) is 74.0 Å². The smallest absolute Gasteiger partial charge is 0.260 e. The van der Waals surface area contributed by atoms with Gasteiger partial charge in [0.2, 0.25) is 10.0 Å². The van der Waals surface area contributed by atoms with Crippen molar-refractivity contribution in [3.8, 4) is 0 Å². The molecule has 0 saturated carbocycles. The molecule has 39 heavy (non-hydrogen) atoms. The zero-order valence-electron chi connectivity index (χ0n) is 22.6. The van der Waals surface area contributed by atoms with E-state index in [-0.39, 0.29) is 23.4 Å². The van der Waals surface area contributed by atoms with Crippen LogP contribution < -0.4 is 4.90 Å². The molecule has 1 fully saturated rings. The number of thiazole rings is 1. The number of aromatic nitrogens is 2. The van der Waals surface area contributed by atoms with Gasteiger partial charge in [0.05, 0.1) is 27.4 Å². The number of benzene rings is 2. The van der Waals surface area contributed by atoms with Gasteiger partial charge in [0.1, 0.15) is 0 Å². The summed E-state index contributed by atoms with van der Waals surface area (Å²) in [6.45, 7) is 7.08. The van der Waals surface area contributed by atoms with Crippen LogP contribution in [0.3, 0.4) is 0 Å². The number of hydrogen-bond donors (Lipinski definition) is 0. The molecule has 1 aliphatic rings. The molecule has 0 radical (unpaired) electrons. The number of pyridine rings is 1. The van der Waals surface area contributed by atoms with Crippen LogP contribution in [0.15, 0.2) is 71.8 Å². The third kappa shape index (κ3) is 5.62. The van der Waals surface area contributed by atoms with Crippen LogP contribution in [0.4, 0.5) is 5.13 Å². The second-order valence-electron chi connectivity index (χ2n) is 10.3. The van der Waals surface area contributed by atoms with Crippen molar-refractivity contribution in [1.82, 2.24) is 14.3 Å². The molecular formula is C30H34N4O3S2. The molecule has 0 bridgehead atoms. The number of hydrogen-bond acceptors (Lipinski definition) is 6. The monoisotopic (exact) mass is 562 g/mol. The first-order chi connectivity index (χ1) is 18.8.